The minimum absolute atomic E-state index is 0.0105. The van der Waals surface area contributed by atoms with Crippen LogP contribution in [-0.4, -0.2) is 29.8 Å². The van der Waals surface area contributed by atoms with E-state index in [1.807, 2.05) is 31.1 Å². The Morgan fingerprint density at radius 3 is 2.80 bits per heavy atom. The van der Waals surface area contributed by atoms with E-state index in [4.69, 9.17) is 0 Å². The number of amides is 2. The van der Waals surface area contributed by atoms with Gasteiger partial charge in [-0.05, 0) is 35.2 Å². The highest BCUT2D eigenvalue weighted by Crippen LogP contribution is 2.32. The quantitative estimate of drug-likeness (QED) is 0.931. The molecule has 1 N–H and O–H groups in total. The molecule has 1 saturated heterocycles. The normalized spacial score (nSPS) is 19.1. The van der Waals surface area contributed by atoms with Gasteiger partial charge in [-0.25, -0.2) is 0 Å². The molecule has 2 amide bonds. The van der Waals surface area contributed by atoms with Gasteiger partial charge in [0.25, 0.3) is 0 Å². The Labute approximate surface area is 124 Å². The molecular weight excluding hydrogens is 272 g/mol. The minimum atomic E-state index is -0.460. The summed E-state index contributed by atoms with van der Waals surface area (Å²) in [4.78, 5) is 26.0. The molecule has 5 heteroatoms. The molecule has 0 radical (unpaired) electrons. The second-order valence-electron chi connectivity index (χ2n) is 6.23. The summed E-state index contributed by atoms with van der Waals surface area (Å²) in [5, 5.41) is 6.88. The molecule has 0 aliphatic carbocycles. The summed E-state index contributed by atoms with van der Waals surface area (Å²) in [5.74, 6) is -0.0755. The molecule has 0 unspecified atom stereocenters. The van der Waals surface area contributed by atoms with Crippen molar-refractivity contribution in [3.8, 4) is 0 Å². The third-order valence-corrected chi connectivity index (χ3v) is 4.28. The maximum Gasteiger partial charge on any atom is 0.242 e. The van der Waals surface area contributed by atoms with Crippen molar-refractivity contribution in [2.45, 2.75) is 39.7 Å². The predicted molar refractivity (Wildman–Crippen MR) is 80.5 cm³/mol. The van der Waals surface area contributed by atoms with Crippen molar-refractivity contribution in [3.05, 3.63) is 22.4 Å². The highest BCUT2D eigenvalue weighted by Gasteiger charge is 2.30. The van der Waals surface area contributed by atoms with Crippen LogP contribution in [0.25, 0.3) is 0 Å². The molecule has 1 aliphatic heterocycles. The topological polar surface area (TPSA) is 49.4 Å². The third kappa shape index (κ3) is 3.39. The van der Waals surface area contributed by atoms with Gasteiger partial charge in [0.05, 0.1) is 12.6 Å². The van der Waals surface area contributed by atoms with Crippen LogP contribution in [0.4, 0.5) is 0 Å². The lowest BCUT2D eigenvalue weighted by Crippen LogP contribution is -2.43. The Kier molecular flexibility index (Phi) is 4.48. The average Bonchev–Trinajstić information content (AvgIpc) is 3.03. The molecule has 0 saturated carbocycles. The fraction of sp³-hybridized carbons (Fsp3) is 0.600. The Bertz CT molecular complexity index is 477. The van der Waals surface area contributed by atoms with Crippen molar-refractivity contribution in [1.29, 1.82) is 0 Å². The summed E-state index contributed by atoms with van der Waals surface area (Å²) >= 11 is 1.65. The zero-order valence-corrected chi connectivity index (χ0v) is 13.1. The Morgan fingerprint density at radius 1 is 1.45 bits per heavy atom. The van der Waals surface area contributed by atoms with Gasteiger partial charge in [0.1, 0.15) is 0 Å². The highest BCUT2D eigenvalue weighted by molar-refractivity contribution is 7.07. The number of rotatable bonds is 3. The monoisotopic (exact) mass is 294 g/mol. The molecule has 1 atom stereocenters. The van der Waals surface area contributed by atoms with Crippen LogP contribution in [0.15, 0.2) is 16.8 Å². The Morgan fingerprint density at radius 2 is 2.20 bits per heavy atom. The number of nitrogens with zero attached hydrogens (tertiary/aromatic N) is 1. The van der Waals surface area contributed by atoms with E-state index in [9.17, 15) is 9.59 Å². The van der Waals surface area contributed by atoms with E-state index in [0.717, 1.165) is 19.4 Å². The van der Waals surface area contributed by atoms with E-state index in [2.05, 4.69) is 16.8 Å². The van der Waals surface area contributed by atoms with Gasteiger partial charge in [0, 0.05) is 12.0 Å². The molecule has 2 heterocycles. The zero-order chi connectivity index (χ0) is 14.8. The summed E-state index contributed by atoms with van der Waals surface area (Å²) in [5.41, 5.74) is 0.751. The van der Waals surface area contributed by atoms with Crippen molar-refractivity contribution in [2.75, 3.05) is 13.1 Å². The molecule has 1 aromatic heterocycles. The van der Waals surface area contributed by atoms with Crippen molar-refractivity contribution in [3.63, 3.8) is 0 Å². The van der Waals surface area contributed by atoms with Crippen LogP contribution in [0.5, 0.6) is 0 Å². The lowest BCUT2D eigenvalue weighted by molar-refractivity contribution is -0.135. The number of nitrogens with one attached hydrogen (secondary N) is 1. The van der Waals surface area contributed by atoms with E-state index in [1.54, 1.807) is 11.3 Å². The molecule has 0 aromatic carbocycles. The van der Waals surface area contributed by atoms with Crippen molar-refractivity contribution < 1.29 is 9.59 Å². The SMILES string of the molecule is CC(C)(C)C(=O)NCC(=O)N1CCC[C@@H]1c1ccsc1. The first-order valence-electron chi connectivity index (χ1n) is 6.99. The van der Waals surface area contributed by atoms with Crippen molar-refractivity contribution in [1.82, 2.24) is 10.2 Å². The van der Waals surface area contributed by atoms with Gasteiger partial charge < -0.3 is 10.2 Å². The first kappa shape index (κ1) is 15.0. The maximum atomic E-state index is 12.3. The third-order valence-electron chi connectivity index (χ3n) is 3.58. The van der Waals surface area contributed by atoms with Gasteiger partial charge in [-0.2, -0.15) is 11.3 Å². The molecule has 0 bridgehead atoms. The molecule has 1 fully saturated rings. The van der Waals surface area contributed by atoms with E-state index >= 15 is 0 Å². The number of carbonyl (C=O) groups excluding carboxylic acids is 2. The number of carbonyl (C=O) groups is 2. The standard InChI is InChI=1S/C15H22N2O2S/c1-15(2,3)14(19)16-9-13(18)17-7-4-5-12(17)11-6-8-20-10-11/h6,8,10,12H,4-5,7,9H2,1-3H3,(H,16,19)/t12-/m1/s1. The zero-order valence-electron chi connectivity index (χ0n) is 12.3. The predicted octanol–water partition coefficient (Wildman–Crippen LogP) is 2.57. The number of likely N-dealkylation sites (tertiary alicyclic amines) is 1. The van der Waals surface area contributed by atoms with Crippen molar-refractivity contribution in [2.24, 2.45) is 5.41 Å². The van der Waals surface area contributed by atoms with E-state index in [-0.39, 0.29) is 24.4 Å². The lowest BCUT2D eigenvalue weighted by Gasteiger charge is -2.25. The molecule has 1 aliphatic rings. The molecule has 1 aromatic rings. The number of thiophene rings is 1. The second kappa shape index (κ2) is 5.95. The fourth-order valence-corrected chi connectivity index (χ4v) is 3.11. The van der Waals surface area contributed by atoms with Crippen LogP contribution in [-0.2, 0) is 9.59 Å². The summed E-state index contributed by atoms with van der Waals surface area (Å²) < 4.78 is 0. The van der Waals surface area contributed by atoms with Crippen LogP contribution in [0.3, 0.4) is 0 Å². The molecule has 110 valence electrons. The maximum absolute atomic E-state index is 12.3. The van der Waals surface area contributed by atoms with E-state index < -0.39 is 5.41 Å². The van der Waals surface area contributed by atoms with Gasteiger partial charge >= 0.3 is 0 Å². The minimum Gasteiger partial charge on any atom is -0.347 e. The lowest BCUT2D eigenvalue weighted by atomic mass is 9.96. The number of hydrogen-bond acceptors (Lipinski definition) is 3. The first-order valence-corrected chi connectivity index (χ1v) is 7.94. The molecule has 4 nitrogen and oxygen atoms in total. The van der Waals surface area contributed by atoms with Crippen LogP contribution < -0.4 is 5.32 Å². The smallest absolute Gasteiger partial charge is 0.242 e. The molecular formula is C15H22N2O2S. The summed E-state index contributed by atoms with van der Waals surface area (Å²) in [7, 11) is 0. The second-order valence-corrected chi connectivity index (χ2v) is 7.01. The Hall–Kier alpha value is -1.36. The Balaban J connectivity index is 1.94. The van der Waals surface area contributed by atoms with E-state index in [1.165, 1.54) is 5.56 Å². The first-order chi connectivity index (χ1) is 9.39. The number of hydrogen-bond donors (Lipinski definition) is 1. The van der Waals surface area contributed by atoms with E-state index in [0.29, 0.717) is 0 Å². The largest absolute Gasteiger partial charge is 0.347 e. The van der Waals surface area contributed by atoms with Crippen LogP contribution in [0, 0.1) is 5.41 Å². The van der Waals surface area contributed by atoms with Crippen LogP contribution >= 0.6 is 11.3 Å². The summed E-state index contributed by atoms with van der Waals surface area (Å²) in [6.45, 7) is 6.41. The van der Waals surface area contributed by atoms with Gasteiger partial charge in [-0.1, -0.05) is 20.8 Å². The molecule has 20 heavy (non-hydrogen) atoms. The van der Waals surface area contributed by atoms with Gasteiger partial charge in [-0.15, -0.1) is 0 Å². The molecule has 2 rings (SSSR count). The van der Waals surface area contributed by atoms with Gasteiger partial charge in [-0.3, -0.25) is 9.59 Å². The highest BCUT2D eigenvalue weighted by atomic mass is 32.1. The average molecular weight is 294 g/mol. The van der Waals surface area contributed by atoms with Gasteiger partial charge in [0.15, 0.2) is 0 Å². The van der Waals surface area contributed by atoms with Crippen molar-refractivity contribution >= 4 is 23.2 Å². The van der Waals surface area contributed by atoms with Crippen LogP contribution in [0.1, 0.15) is 45.2 Å². The van der Waals surface area contributed by atoms with Gasteiger partial charge in [0.2, 0.25) is 11.8 Å². The summed E-state index contributed by atoms with van der Waals surface area (Å²) in [6, 6.07) is 2.26. The summed E-state index contributed by atoms with van der Waals surface area (Å²) in [6.07, 6.45) is 2.04. The van der Waals surface area contributed by atoms with Crippen LogP contribution in [0.2, 0.25) is 0 Å². The fourth-order valence-electron chi connectivity index (χ4n) is 2.40. The molecule has 0 spiro atoms.